The lowest BCUT2D eigenvalue weighted by Crippen LogP contribution is -2.31. The minimum Gasteiger partial charge on any atom is -0.478 e. The molecule has 0 spiro atoms. The summed E-state index contributed by atoms with van der Waals surface area (Å²) in [6, 6.07) is 1.70. The zero-order chi connectivity index (χ0) is 13.3. The zero-order valence-electron chi connectivity index (χ0n) is 10.5. The van der Waals surface area contributed by atoms with Gasteiger partial charge in [-0.2, -0.15) is 0 Å². The molecule has 0 aromatic carbocycles. The molecule has 0 bridgehead atoms. The average molecular weight is 269 g/mol. The van der Waals surface area contributed by atoms with Gasteiger partial charge in [-0.15, -0.1) is 0 Å². The minimum atomic E-state index is -1.03. The van der Waals surface area contributed by atoms with E-state index in [4.69, 9.17) is 16.7 Å². The van der Waals surface area contributed by atoms with Gasteiger partial charge in [0, 0.05) is 12.2 Å². The van der Waals surface area contributed by atoms with Gasteiger partial charge in [0.05, 0.1) is 10.6 Å². The fraction of sp³-hybridized carbons (Fsp3) is 0.538. The van der Waals surface area contributed by atoms with Crippen molar-refractivity contribution < 1.29 is 9.90 Å². The number of nitrogens with one attached hydrogen (secondary N) is 1. The first-order chi connectivity index (χ1) is 8.42. The molecule has 0 aliphatic heterocycles. The maximum atomic E-state index is 11.0. The van der Waals surface area contributed by atoms with Crippen LogP contribution in [0.4, 0.5) is 5.82 Å². The van der Waals surface area contributed by atoms with Crippen molar-refractivity contribution in [1.29, 1.82) is 0 Å². The Bertz CT molecular complexity index is 474. The maximum absolute atomic E-state index is 11.0. The fourth-order valence-corrected chi connectivity index (χ4v) is 2.72. The van der Waals surface area contributed by atoms with Crippen LogP contribution in [0.3, 0.4) is 0 Å². The third kappa shape index (κ3) is 2.43. The predicted molar refractivity (Wildman–Crippen MR) is 71.2 cm³/mol. The third-order valence-corrected chi connectivity index (χ3v) is 4.07. The van der Waals surface area contributed by atoms with Crippen LogP contribution in [0.1, 0.15) is 43.5 Å². The molecular formula is C13H17ClN2O2. The topological polar surface area (TPSA) is 62.2 Å². The normalized spacial score (nSPS) is 21.8. The molecule has 1 atom stereocenters. The van der Waals surface area contributed by atoms with Crippen LogP contribution in [-0.2, 0) is 0 Å². The molecule has 0 radical (unpaired) electrons. The summed E-state index contributed by atoms with van der Waals surface area (Å²) in [5, 5.41) is 12.5. The Morgan fingerprint density at radius 3 is 2.89 bits per heavy atom. The number of rotatable bonds is 3. The summed E-state index contributed by atoms with van der Waals surface area (Å²) in [7, 11) is 0. The molecule has 5 heteroatoms. The smallest absolute Gasteiger partial charge is 0.337 e. The van der Waals surface area contributed by atoms with Crippen LogP contribution in [0.25, 0.3) is 0 Å². The lowest BCUT2D eigenvalue weighted by Gasteiger charge is -2.28. The summed E-state index contributed by atoms with van der Waals surface area (Å²) in [6.45, 7) is 4.40. The molecule has 0 saturated heterocycles. The summed E-state index contributed by atoms with van der Waals surface area (Å²) in [4.78, 5) is 15.1. The summed E-state index contributed by atoms with van der Waals surface area (Å²) >= 11 is 6.07. The van der Waals surface area contributed by atoms with Gasteiger partial charge in [-0.1, -0.05) is 31.9 Å². The van der Waals surface area contributed by atoms with Crippen LogP contribution in [0.15, 0.2) is 12.3 Å². The molecule has 98 valence electrons. The first-order valence-electron chi connectivity index (χ1n) is 6.06. The van der Waals surface area contributed by atoms with Crippen molar-refractivity contribution in [3.8, 4) is 0 Å². The lowest BCUT2D eigenvalue weighted by atomic mass is 9.87. The minimum absolute atomic E-state index is 0.0879. The highest BCUT2D eigenvalue weighted by Crippen LogP contribution is 2.39. The molecule has 1 aromatic heterocycles. The Morgan fingerprint density at radius 1 is 1.61 bits per heavy atom. The Kier molecular flexibility index (Phi) is 3.48. The number of aromatic nitrogens is 1. The van der Waals surface area contributed by atoms with Crippen molar-refractivity contribution in [2.75, 3.05) is 5.32 Å². The molecule has 1 aliphatic carbocycles. The molecule has 2 N–H and O–H groups in total. The van der Waals surface area contributed by atoms with Crippen LogP contribution in [0, 0.1) is 5.41 Å². The van der Waals surface area contributed by atoms with Crippen LogP contribution in [0.5, 0.6) is 0 Å². The highest BCUT2D eigenvalue weighted by molar-refractivity contribution is 6.35. The molecule has 1 heterocycles. The number of carboxylic acid groups (broad SMARTS) is 1. The molecular weight excluding hydrogens is 252 g/mol. The quantitative estimate of drug-likeness (QED) is 0.882. The first-order valence-corrected chi connectivity index (χ1v) is 6.44. The van der Waals surface area contributed by atoms with Crippen molar-refractivity contribution in [2.45, 2.75) is 39.2 Å². The molecule has 1 saturated carbocycles. The zero-order valence-corrected chi connectivity index (χ0v) is 11.3. The van der Waals surface area contributed by atoms with Gasteiger partial charge in [-0.3, -0.25) is 0 Å². The Hall–Kier alpha value is -1.29. The molecule has 18 heavy (non-hydrogen) atoms. The average Bonchev–Trinajstić information content (AvgIpc) is 2.61. The van der Waals surface area contributed by atoms with E-state index in [0.29, 0.717) is 5.82 Å². The predicted octanol–water partition coefficient (Wildman–Crippen LogP) is 3.42. The highest BCUT2D eigenvalue weighted by Gasteiger charge is 2.35. The second-order valence-corrected chi connectivity index (χ2v) is 5.78. The molecule has 4 nitrogen and oxygen atoms in total. The van der Waals surface area contributed by atoms with Crippen LogP contribution < -0.4 is 5.32 Å². The number of carbonyl (C=O) groups is 1. The maximum Gasteiger partial charge on any atom is 0.337 e. The number of aromatic carboxylic acids is 1. The van der Waals surface area contributed by atoms with Gasteiger partial charge in [-0.05, 0) is 24.3 Å². The van der Waals surface area contributed by atoms with E-state index in [9.17, 15) is 4.79 Å². The molecule has 1 unspecified atom stereocenters. The van der Waals surface area contributed by atoms with Crippen LogP contribution in [-0.4, -0.2) is 22.1 Å². The monoisotopic (exact) mass is 268 g/mol. The van der Waals surface area contributed by atoms with Gasteiger partial charge >= 0.3 is 5.97 Å². The number of anilines is 1. The van der Waals surface area contributed by atoms with E-state index in [2.05, 4.69) is 24.1 Å². The van der Waals surface area contributed by atoms with Crippen molar-refractivity contribution in [3.05, 3.63) is 22.8 Å². The number of carboxylic acids is 1. The van der Waals surface area contributed by atoms with Gasteiger partial charge in [0.2, 0.25) is 0 Å². The van der Waals surface area contributed by atoms with Gasteiger partial charge in [0.25, 0.3) is 0 Å². The van der Waals surface area contributed by atoms with Gasteiger partial charge < -0.3 is 10.4 Å². The molecule has 1 aromatic rings. The standard InChI is InChI=1S/C13H17ClN2O2/c1-13(2)6-3-4-9(13)16-11-10(14)8(12(17)18)5-7-15-11/h5,7,9H,3-4,6H2,1-2H3,(H,15,16)(H,17,18). The van der Waals surface area contributed by atoms with Crippen molar-refractivity contribution >= 4 is 23.4 Å². The SMILES string of the molecule is CC1(C)CCCC1Nc1nccc(C(=O)O)c1Cl. The molecule has 0 amide bonds. The van der Waals surface area contributed by atoms with Gasteiger partial charge in [0.1, 0.15) is 5.82 Å². The number of nitrogens with zero attached hydrogens (tertiary/aromatic N) is 1. The van der Waals surface area contributed by atoms with Gasteiger partial charge in [-0.25, -0.2) is 9.78 Å². The van der Waals surface area contributed by atoms with Crippen LogP contribution >= 0.6 is 11.6 Å². The van der Waals surface area contributed by atoms with Crippen molar-refractivity contribution in [3.63, 3.8) is 0 Å². The second kappa shape index (κ2) is 4.76. The lowest BCUT2D eigenvalue weighted by molar-refractivity contribution is 0.0697. The summed E-state index contributed by atoms with van der Waals surface area (Å²) < 4.78 is 0. The number of hydrogen-bond donors (Lipinski definition) is 2. The van der Waals surface area contributed by atoms with E-state index in [-0.39, 0.29) is 22.0 Å². The molecule has 2 rings (SSSR count). The van der Waals surface area contributed by atoms with E-state index in [0.717, 1.165) is 12.8 Å². The Labute approximate surface area is 111 Å². The Balaban J connectivity index is 2.25. The summed E-state index contributed by atoms with van der Waals surface area (Å²) in [6.07, 6.45) is 4.85. The molecule has 1 aliphatic rings. The number of hydrogen-bond acceptors (Lipinski definition) is 3. The van der Waals surface area contributed by atoms with E-state index in [1.807, 2.05) is 0 Å². The Morgan fingerprint density at radius 2 is 2.33 bits per heavy atom. The molecule has 1 fully saturated rings. The van der Waals surface area contributed by atoms with E-state index in [1.54, 1.807) is 0 Å². The highest BCUT2D eigenvalue weighted by atomic mass is 35.5. The van der Waals surface area contributed by atoms with E-state index in [1.165, 1.54) is 18.7 Å². The fourth-order valence-electron chi connectivity index (χ4n) is 2.47. The first kappa shape index (κ1) is 13.1. The second-order valence-electron chi connectivity index (χ2n) is 5.40. The largest absolute Gasteiger partial charge is 0.478 e. The third-order valence-electron chi connectivity index (χ3n) is 3.69. The summed E-state index contributed by atoms with van der Waals surface area (Å²) in [5.41, 5.74) is 0.273. The van der Waals surface area contributed by atoms with Crippen LogP contribution in [0.2, 0.25) is 5.02 Å². The van der Waals surface area contributed by atoms with E-state index < -0.39 is 5.97 Å². The number of halogens is 1. The van der Waals surface area contributed by atoms with Crippen molar-refractivity contribution in [2.24, 2.45) is 5.41 Å². The van der Waals surface area contributed by atoms with Gasteiger partial charge in [0.15, 0.2) is 0 Å². The van der Waals surface area contributed by atoms with E-state index >= 15 is 0 Å². The summed E-state index contributed by atoms with van der Waals surface area (Å²) in [5.74, 6) is -0.562. The van der Waals surface area contributed by atoms with Crippen molar-refractivity contribution in [1.82, 2.24) is 4.98 Å². The number of pyridine rings is 1.